The molecule has 8 nitrogen and oxygen atoms in total. The number of pyridine rings is 2. The van der Waals surface area contributed by atoms with Crippen molar-refractivity contribution in [1.82, 2.24) is 20.2 Å². The largest absolute Gasteiger partial charge is 0.397 e. The Balaban J connectivity index is 1.79. The average Bonchev–Trinajstić information content (AvgIpc) is 3.31. The molecule has 4 heterocycles. The van der Waals surface area contributed by atoms with E-state index in [1.807, 2.05) is 25.1 Å². The molecule has 0 bridgehead atoms. The van der Waals surface area contributed by atoms with E-state index in [0.29, 0.717) is 24.6 Å². The highest BCUT2D eigenvalue weighted by atomic mass is 16.5. The highest BCUT2D eigenvalue weighted by Gasteiger charge is 2.19. The minimum absolute atomic E-state index is 0.575. The summed E-state index contributed by atoms with van der Waals surface area (Å²) in [4.78, 5) is 11.8. The number of fused-ring (bicyclic) bond motifs is 1. The van der Waals surface area contributed by atoms with E-state index in [-0.39, 0.29) is 0 Å². The van der Waals surface area contributed by atoms with Crippen molar-refractivity contribution < 1.29 is 4.74 Å². The number of hydrogen-bond acceptors (Lipinski definition) is 7. The van der Waals surface area contributed by atoms with Crippen LogP contribution in [0, 0.1) is 6.92 Å². The number of nitrogen functional groups attached to an aromatic ring is 2. The van der Waals surface area contributed by atoms with Crippen molar-refractivity contribution in [2.24, 2.45) is 0 Å². The van der Waals surface area contributed by atoms with Crippen LogP contribution < -0.4 is 16.4 Å². The molecule has 0 aliphatic carbocycles. The van der Waals surface area contributed by atoms with Gasteiger partial charge in [0.05, 0.1) is 30.3 Å². The standard InChI is InChI=1S/C22H23N7O/c1-13-10-14(11-17(23)20(13)24)16-12-19(29-6-8-30-9-7-29)27-21-15(16)2-4-25-22(21)18-3-5-26-28-18/h2-5,10-12H,6-9,23-24H2,1H3,(H,26,28). The second-order valence-corrected chi connectivity index (χ2v) is 7.45. The van der Waals surface area contributed by atoms with E-state index in [1.54, 1.807) is 12.4 Å². The van der Waals surface area contributed by atoms with Crippen molar-refractivity contribution in [2.45, 2.75) is 6.92 Å². The lowest BCUT2D eigenvalue weighted by Gasteiger charge is -2.28. The predicted octanol–water partition coefficient (Wildman–Crippen LogP) is 3.00. The van der Waals surface area contributed by atoms with Crippen molar-refractivity contribution >= 4 is 28.1 Å². The van der Waals surface area contributed by atoms with Crippen LogP contribution in [-0.2, 0) is 4.74 Å². The topological polar surface area (TPSA) is 119 Å². The Morgan fingerprint density at radius 3 is 2.63 bits per heavy atom. The van der Waals surface area contributed by atoms with Crippen molar-refractivity contribution in [2.75, 3.05) is 42.7 Å². The van der Waals surface area contributed by atoms with Crippen molar-refractivity contribution in [3.05, 3.63) is 48.3 Å². The second-order valence-electron chi connectivity index (χ2n) is 7.45. The molecule has 0 atom stereocenters. The minimum atomic E-state index is 0.575. The SMILES string of the molecule is Cc1cc(-c2cc(N3CCOCC3)nc3c(-c4ccn[nH]4)nccc23)cc(N)c1N. The van der Waals surface area contributed by atoms with Crippen LogP contribution in [0.5, 0.6) is 0 Å². The van der Waals surface area contributed by atoms with Crippen LogP contribution in [0.2, 0.25) is 0 Å². The lowest BCUT2D eigenvalue weighted by atomic mass is 9.97. The van der Waals surface area contributed by atoms with E-state index < -0.39 is 0 Å². The van der Waals surface area contributed by atoms with Gasteiger partial charge < -0.3 is 21.1 Å². The third-order valence-corrected chi connectivity index (χ3v) is 5.54. The van der Waals surface area contributed by atoms with E-state index in [0.717, 1.165) is 57.9 Å². The third kappa shape index (κ3) is 3.11. The summed E-state index contributed by atoms with van der Waals surface area (Å²) in [5.74, 6) is 0.891. The Hall–Kier alpha value is -3.65. The molecule has 1 aliphatic rings. The molecule has 0 saturated carbocycles. The molecule has 0 unspecified atom stereocenters. The summed E-state index contributed by atoms with van der Waals surface area (Å²) in [5.41, 5.74) is 18.9. The monoisotopic (exact) mass is 401 g/mol. The van der Waals surface area contributed by atoms with Crippen LogP contribution in [-0.4, -0.2) is 46.5 Å². The van der Waals surface area contributed by atoms with E-state index in [2.05, 4.69) is 32.2 Å². The van der Waals surface area contributed by atoms with Crippen LogP contribution in [0.15, 0.2) is 42.7 Å². The first kappa shape index (κ1) is 18.4. The fraction of sp³-hybridized carbons (Fsp3) is 0.227. The molecule has 8 heteroatoms. The molecular weight excluding hydrogens is 378 g/mol. The normalized spacial score (nSPS) is 14.4. The number of nitrogens with one attached hydrogen (secondary N) is 1. The zero-order valence-corrected chi connectivity index (χ0v) is 16.7. The van der Waals surface area contributed by atoms with E-state index >= 15 is 0 Å². The van der Waals surface area contributed by atoms with Crippen molar-refractivity contribution in [1.29, 1.82) is 0 Å². The molecule has 4 aromatic rings. The number of aromatic nitrogens is 4. The molecule has 3 aromatic heterocycles. The van der Waals surface area contributed by atoms with Gasteiger partial charge in [-0.15, -0.1) is 0 Å². The maximum atomic E-state index is 6.20. The highest BCUT2D eigenvalue weighted by molar-refractivity contribution is 6.02. The predicted molar refractivity (Wildman–Crippen MR) is 119 cm³/mol. The van der Waals surface area contributed by atoms with E-state index in [9.17, 15) is 0 Å². The van der Waals surface area contributed by atoms with Crippen LogP contribution >= 0.6 is 0 Å². The summed E-state index contributed by atoms with van der Waals surface area (Å²) in [6, 6.07) is 10.0. The van der Waals surface area contributed by atoms with Gasteiger partial charge in [0, 0.05) is 30.9 Å². The summed E-state index contributed by atoms with van der Waals surface area (Å²) >= 11 is 0. The molecule has 5 rings (SSSR count). The summed E-state index contributed by atoms with van der Waals surface area (Å²) in [6.07, 6.45) is 3.51. The van der Waals surface area contributed by atoms with Gasteiger partial charge >= 0.3 is 0 Å². The lowest BCUT2D eigenvalue weighted by molar-refractivity contribution is 0.122. The molecule has 0 spiro atoms. The van der Waals surface area contributed by atoms with Crippen LogP contribution in [0.1, 0.15) is 5.56 Å². The molecule has 0 radical (unpaired) electrons. The maximum absolute atomic E-state index is 6.20. The van der Waals surface area contributed by atoms with Crippen LogP contribution in [0.3, 0.4) is 0 Å². The molecule has 1 fully saturated rings. The van der Waals surface area contributed by atoms with Crippen molar-refractivity contribution in [3.63, 3.8) is 0 Å². The number of hydrogen-bond donors (Lipinski definition) is 3. The summed E-state index contributed by atoms with van der Waals surface area (Å²) < 4.78 is 5.53. The average molecular weight is 401 g/mol. The van der Waals surface area contributed by atoms with Gasteiger partial charge in [-0.2, -0.15) is 5.10 Å². The van der Waals surface area contributed by atoms with Gasteiger partial charge in [-0.1, -0.05) is 0 Å². The van der Waals surface area contributed by atoms with Gasteiger partial charge in [-0.3, -0.25) is 10.1 Å². The minimum Gasteiger partial charge on any atom is -0.397 e. The molecular formula is C22H23N7O. The smallest absolute Gasteiger partial charge is 0.130 e. The third-order valence-electron chi connectivity index (χ3n) is 5.54. The van der Waals surface area contributed by atoms with E-state index in [4.69, 9.17) is 21.2 Å². The molecule has 0 amide bonds. The first-order valence-electron chi connectivity index (χ1n) is 9.90. The number of nitrogens with zero attached hydrogens (tertiary/aromatic N) is 4. The number of ether oxygens (including phenoxy) is 1. The maximum Gasteiger partial charge on any atom is 0.130 e. The first-order valence-corrected chi connectivity index (χ1v) is 9.90. The lowest BCUT2D eigenvalue weighted by Crippen LogP contribution is -2.36. The highest BCUT2D eigenvalue weighted by Crippen LogP contribution is 2.37. The summed E-state index contributed by atoms with van der Waals surface area (Å²) in [5, 5.41) is 8.08. The van der Waals surface area contributed by atoms with Crippen LogP contribution in [0.25, 0.3) is 33.4 Å². The zero-order chi connectivity index (χ0) is 20.7. The van der Waals surface area contributed by atoms with Crippen molar-refractivity contribution in [3.8, 4) is 22.5 Å². The first-order chi connectivity index (χ1) is 14.6. The molecule has 1 saturated heterocycles. The number of rotatable bonds is 3. The Labute approximate surface area is 173 Å². The fourth-order valence-electron chi connectivity index (χ4n) is 3.90. The second kappa shape index (κ2) is 7.31. The zero-order valence-electron chi connectivity index (χ0n) is 16.7. The Bertz CT molecular complexity index is 1190. The number of nitrogens with two attached hydrogens (primary N) is 2. The molecule has 1 aromatic carbocycles. The van der Waals surface area contributed by atoms with E-state index in [1.165, 1.54) is 0 Å². The van der Waals surface area contributed by atoms with Gasteiger partial charge in [-0.25, -0.2) is 4.98 Å². The molecule has 152 valence electrons. The molecule has 5 N–H and O–H groups in total. The summed E-state index contributed by atoms with van der Waals surface area (Å²) in [6.45, 7) is 4.92. The van der Waals surface area contributed by atoms with Gasteiger partial charge in [0.1, 0.15) is 17.0 Å². The Morgan fingerprint density at radius 1 is 1.07 bits per heavy atom. The number of morpholine rings is 1. The van der Waals surface area contributed by atoms with Gasteiger partial charge in [0.2, 0.25) is 0 Å². The number of aryl methyl sites for hydroxylation is 1. The Morgan fingerprint density at radius 2 is 1.90 bits per heavy atom. The number of H-pyrrole nitrogens is 1. The van der Waals surface area contributed by atoms with Gasteiger partial charge in [0.25, 0.3) is 0 Å². The fourth-order valence-corrected chi connectivity index (χ4v) is 3.90. The van der Waals surface area contributed by atoms with Gasteiger partial charge in [0.15, 0.2) is 0 Å². The van der Waals surface area contributed by atoms with Gasteiger partial charge in [-0.05, 0) is 53.9 Å². The number of benzene rings is 1. The number of anilines is 3. The number of aromatic amines is 1. The molecule has 30 heavy (non-hydrogen) atoms. The quantitative estimate of drug-likeness (QED) is 0.452. The van der Waals surface area contributed by atoms with Crippen LogP contribution in [0.4, 0.5) is 17.2 Å². The summed E-state index contributed by atoms with van der Waals surface area (Å²) in [7, 11) is 0. The Kier molecular flexibility index (Phi) is 4.48. The molecule has 1 aliphatic heterocycles.